The molecule has 0 heterocycles. The van der Waals surface area contributed by atoms with Crippen molar-refractivity contribution in [1.29, 1.82) is 5.26 Å². The van der Waals surface area contributed by atoms with Crippen molar-refractivity contribution in [3.05, 3.63) is 41.2 Å². The third kappa shape index (κ3) is 4.59. The molecule has 0 saturated heterocycles. The summed E-state index contributed by atoms with van der Waals surface area (Å²) in [6.45, 7) is 7.41. The van der Waals surface area contributed by atoms with Crippen LogP contribution in [0.2, 0.25) is 0 Å². The van der Waals surface area contributed by atoms with Gasteiger partial charge in [0, 0.05) is 12.5 Å². The number of carbonyl (C=O) groups excluding carboxylic acids is 1. The van der Waals surface area contributed by atoms with E-state index in [4.69, 9.17) is 10.00 Å². The molecule has 0 amide bonds. The SMILES string of the molecule is CC(=O)OC(C#N)=C(C)c1ccc(CC(C)C)cc1. The maximum absolute atomic E-state index is 10.9. The zero-order valence-electron chi connectivity index (χ0n) is 11.9. The summed E-state index contributed by atoms with van der Waals surface area (Å²) in [7, 11) is 0. The molecule has 0 fully saturated rings. The van der Waals surface area contributed by atoms with E-state index in [9.17, 15) is 4.79 Å². The summed E-state index contributed by atoms with van der Waals surface area (Å²) in [6, 6.07) is 9.91. The number of benzene rings is 1. The summed E-state index contributed by atoms with van der Waals surface area (Å²) < 4.78 is 4.89. The largest absolute Gasteiger partial charge is 0.415 e. The Hall–Kier alpha value is -2.08. The first-order chi connectivity index (χ1) is 8.93. The topological polar surface area (TPSA) is 50.1 Å². The Morgan fingerprint density at radius 2 is 1.84 bits per heavy atom. The molecular weight excluding hydrogens is 238 g/mol. The normalized spacial score (nSPS) is 11.8. The maximum atomic E-state index is 10.9. The van der Waals surface area contributed by atoms with Gasteiger partial charge in [0.15, 0.2) is 0 Å². The predicted octanol–water partition coefficient (Wildman–Crippen LogP) is 3.70. The molecule has 3 nitrogen and oxygen atoms in total. The lowest BCUT2D eigenvalue weighted by molar-refractivity contribution is -0.136. The van der Waals surface area contributed by atoms with Gasteiger partial charge in [-0.1, -0.05) is 38.1 Å². The standard InChI is InChI=1S/C16H19NO2/c1-11(2)9-14-5-7-15(8-6-14)12(3)16(10-17)19-13(4)18/h5-8,11H,9H2,1-4H3. The molecule has 0 aliphatic heterocycles. The Bertz CT molecular complexity index is 519. The van der Waals surface area contributed by atoms with E-state index >= 15 is 0 Å². The van der Waals surface area contributed by atoms with Gasteiger partial charge in [-0.05, 0) is 30.4 Å². The smallest absolute Gasteiger partial charge is 0.308 e. The zero-order chi connectivity index (χ0) is 14.4. The average Bonchev–Trinajstić information content (AvgIpc) is 2.35. The van der Waals surface area contributed by atoms with Gasteiger partial charge in [-0.2, -0.15) is 5.26 Å². The molecule has 0 aromatic heterocycles. The van der Waals surface area contributed by atoms with Crippen LogP contribution < -0.4 is 0 Å². The van der Waals surface area contributed by atoms with Gasteiger partial charge in [0.25, 0.3) is 0 Å². The molecule has 0 aliphatic rings. The van der Waals surface area contributed by atoms with Crippen molar-refractivity contribution in [2.45, 2.75) is 34.1 Å². The molecule has 0 atom stereocenters. The number of ether oxygens (including phenoxy) is 1. The molecule has 0 bridgehead atoms. The molecular formula is C16H19NO2. The second-order valence-corrected chi connectivity index (χ2v) is 4.95. The number of esters is 1. The molecule has 0 unspecified atom stereocenters. The van der Waals surface area contributed by atoms with Crippen LogP contribution in [0.3, 0.4) is 0 Å². The molecule has 1 rings (SSSR count). The van der Waals surface area contributed by atoms with E-state index in [1.807, 2.05) is 30.3 Å². The van der Waals surface area contributed by atoms with E-state index in [2.05, 4.69) is 13.8 Å². The fraction of sp³-hybridized carbons (Fsp3) is 0.375. The minimum Gasteiger partial charge on any atom is -0.415 e. The van der Waals surface area contributed by atoms with Gasteiger partial charge >= 0.3 is 5.97 Å². The molecule has 3 heteroatoms. The number of nitrogens with zero attached hydrogens (tertiary/aromatic N) is 1. The Kier molecular flexibility index (Phi) is 5.32. The van der Waals surface area contributed by atoms with Crippen LogP contribution in [0, 0.1) is 17.2 Å². The first-order valence-corrected chi connectivity index (χ1v) is 6.32. The summed E-state index contributed by atoms with van der Waals surface area (Å²) in [4.78, 5) is 10.9. The van der Waals surface area contributed by atoms with Crippen molar-refractivity contribution < 1.29 is 9.53 Å². The van der Waals surface area contributed by atoms with Crippen molar-refractivity contribution in [3.8, 4) is 6.07 Å². The third-order valence-electron chi connectivity index (χ3n) is 2.72. The molecule has 0 N–H and O–H groups in total. The number of hydrogen-bond acceptors (Lipinski definition) is 3. The van der Waals surface area contributed by atoms with Crippen LogP contribution in [0.5, 0.6) is 0 Å². The van der Waals surface area contributed by atoms with E-state index in [0.29, 0.717) is 11.5 Å². The van der Waals surface area contributed by atoms with Gasteiger partial charge in [0.05, 0.1) is 0 Å². The molecule has 1 aromatic rings. The second kappa shape index (κ2) is 6.75. The van der Waals surface area contributed by atoms with Crippen LogP contribution >= 0.6 is 0 Å². The minimum absolute atomic E-state index is 0.0594. The minimum atomic E-state index is -0.479. The molecule has 19 heavy (non-hydrogen) atoms. The first kappa shape index (κ1) is 15.0. The molecule has 100 valence electrons. The van der Waals surface area contributed by atoms with Gasteiger partial charge in [-0.3, -0.25) is 4.79 Å². The molecule has 0 radical (unpaired) electrons. The Morgan fingerprint density at radius 3 is 2.26 bits per heavy atom. The lowest BCUT2D eigenvalue weighted by atomic mass is 9.99. The van der Waals surface area contributed by atoms with Gasteiger partial charge < -0.3 is 4.74 Å². The first-order valence-electron chi connectivity index (χ1n) is 6.32. The van der Waals surface area contributed by atoms with Gasteiger partial charge in [0.2, 0.25) is 5.76 Å². The quantitative estimate of drug-likeness (QED) is 0.469. The number of hydrogen-bond donors (Lipinski definition) is 0. The highest BCUT2D eigenvalue weighted by Crippen LogP contribution is 2.20. The summed E-state index contributed by atoms with van der Waals surface area (Å²) in [5, 5.41) is 9.00. The maximum Gasteiger partial charge on any atom is 0.308 e. The summed E-state index contributed by atoms with van der Waals surface area (Å²) in [5.74, 6) is 0.189. The highest BCUT2D eigenvalue weighted by molar-refractivity contribution is 5.74. The highest BCUT2D eigenvalue weighted by Gasteiger charge is 2.08. The fourth-order valence-electron chi connectivity index (χ4n) is 1.82. The molecule has 0 spiro atoms. The van der Waals surface area contributed by atoms with Gasteiger partial charge in [-0.15, -0.1) is 0 Å². The van der Waals surface area contributed by atoms with E-state index in [0.717, 1.165) is 12.0 Å². The average molecular weight is 257 g/mol. The molecule has 1 aromatic carbocycles. The lowest BCUT2D eigenvalue weighted by Crippen LogP contribution is -2.00. The summed E-state index contributed by atoms with van der Waals surface area (Å²) in [5.41, 5.74) is 2.83. The van der Waals surface area contributed by atoms with Crippen LogP contribution in [0.1, 0.15) is 38.8 Å². The second-order valence-electron chi connectivity index (χ2n) is 4.95. The fourth-order valence-corrected chi connectivity index (χ4v) is 1.82. The number of carbonyl (C=O) groups is 1. The lowest BCUT2D eigenvalue weighted by Gasteiger charge is -2.08. The number of nitriles is 1. The van der Waals surface area contributed by atoms with Crippen LogP contribution in [-0.2, 0) is 16.0 Å². The van der Waals surface area contributed by atoms with E-state index in [1.165, 1.54) is 12.5 Å². The third-order valence-corrected chi connectivity index (χ3v) is 2.72. The molecule has 0 aliphatic carbocycles. The number of allylic oxidation sites excluding steroid dienone is 2. The van der Waals surface area contributed by atoms with E-state index in [1.54, 1.807) is 6.92 Å². The van der Waals surface area contributed by atoms with E-state index in [-0.39, 0.29) is 5.76 Å². The van der Waals surface area contributed by atoms with Gasteiger partial charge in [0.1, 0.15) is 6.07 Å². The summed E-state index contributed by atoms with van der Waals surface area (Å²) in [6.07, 6.45) is 1.03. The monoisotopic (exact) mass is 257 g/mol. The van der Waals surface area contributed by atoms with Crippen molar-refractivity contribution in [2.75, 3.05) is 0 Å². The Labute approximate surface area is 114 Å². The summed E-state index contributed by atoms with van der Waals surface area (Å²) >= 11 is 0. The van der Waals surface area contributed by atoms with Crippen molar-refractivity contribution in [3.63, 3.8) is 0 Å². The van der Waals surface area contributed by atoms with Crippen molar-refractivity contribution >= 4 is 11.5 Å². The van der Waals surface area contributed by atoms with Crippen LogP contribution in [0.25, 0.3) is 5.57 Å². The van der Waals surface area contributed by atoms with Crippen LogP contribution in [0.4, 0.5) is 0 Å². The molecule has 0 saturated carbocycles. The van der Waals surface area contributed by atoms with Crippen LogP contribution in [-0.4, -0.2) is 5.97 Å². The zero-order valence-corrected chi connectivity index (χ0v) is 11.9. The van der Waals surface area contributed by atoms with Crippen molar-refractivity contribution in [1.82, 2.24) is 0 Å². The predicted molar refractivity (Wildman–Crippen MR) is 75.0 cm³/mol. The van der Waals surface area contributed by atoms with Crippen LogP contribution in [0.15, 0.2) is 30.0 Å². The van der Waals surface area contributed by atoms with Gasteiger partial charge in [-0.25, -0.2) is 0 Å². The van der Waals surface area contributed by atoms with E-state index < -0.39 is 5.97 Å². The highest BCUT2D eigenvalue weighted by atomic mass is 16.5. The van der Waals surface area contributed by atoms with Crippen molar-refractivity contribution in [2.24, 2.45) is 5.92 Å². The Balaban J connectivity index is 2.99. The number of rotatable bonds is 4. The Morgan fingerprint density at radius 1 is 1.26 bits per heavy atom.